The Kier molecular flexibility index (Phi) is 6.81. The van der Waals surface area contributed by atoms with Gasteiger partial charge in [0.15, 0.2) is 0 Å². The third kappa shape index (κ3) is 4.94. The van der Waals surface area contributed by atoms with Gasteiger partial charge >= 0.3 is 5.97 Å². The maximum atomic E-state index is 13.0. The molecule has 1 saturated heterocycles. The lowest BCUT2D eigenvalue weighted by molar-refractivity contribution is -0.140. The highest BCUT2D eigenvalue weighted by atomic mass is 32.2. The van der Waals surface area contributed by atoms with E-state index in [1.165, 1.54) is 40.9 Å². The fourth-order valence-electron chi connectivity index (χ4n) is 2.63. The second kappa shape index (κ2) is 8.84. The van der Waals surface area contributed by atoms with Crippen LogP contribution in [0, 0.1) is 5.82 Å². The molecule has 8 heteroatoms. The quantitative estimate of drug-likeness (QED) is 0.767. The van der Waals surface area contributed by atoms with Crippen molar-refractivity contribution in [2.24, 2.45) is 0 Å². The predicted molar refractivity (Wildman–Crippen MR) is 92.7 cm³/mol. The third-order valence-electron chi connectivity index (χ3n) is 4.02. The molecule has 6 nitrogen and oxygen atoms in total. The molecule has 0 spiro atoms. The van der Waals surface area contributed by atoms with Crippen LogP contribution < -0.4 is 5.32 Å². The fourth-order valence-corrected chi connectivity index (χ4v) is 3.81. The number of nitrogens with one attached hydrogen (secondary N) is 1. The van der Waals surface area contributed by atoms with Crippen LogP contribution in [0.4, 0.5) is 4.39 Å². The van der Waals surface area contributed by atoms with Crippen LogP contribution in [0.2, 0.25) is 0 Å². The summed E-state index contributed by atoms with van der Waals surface area (Å²) in [5, 5.41) is 12.0. The summed E-state index contributed by atoms with van der Waals surface area (Å²) in [6, 6.07) is 4.58. The van der Waals surface area contributed by atoms with Crippen molar-refractivity contribution >= 4 is 29.5 Å². The number of carbonyl (C=O) groups is 3. The Morgan fingerprint density at radius 1 is 1.36 bits per heavy atom. The highest BCUT2D eigenvalue weighted by Gasteiger charge is 2.34. The van der Waals surface area contributed by atoms with Crippen molar-refractivity contribution in [1.82, 2.24) is 10.2 Å². The molecule has 0 aliphatic carbocycles. The number of carbonyl (C=O) groups excluding carboxylic acids is 2. The van der Waals surface area contributed by atoms with Crippen LogP contribution in [-0.4, -0.2) is 52.0 Å². The predicted octanol–water partition coefficient (Wildman–Crippen LogP) is 1.81. The van der Waals surface area contributed by atoms with Gasteiger partial charge in [0, 0.05) is 18.7 Å². The smallest absolute Gasteiger partial charge is 0.312 e. The van der Waals surface area contributed by atoms with E-state index < -0.39 is 23.7 Å². The molecule has 2 unspecified atom stereocenters. The molecule has 0 saturated carbocycles. The Bertz CT molecular complexity index is 638. The number of nitrogens with zero attached hydrogens (tertiary/aromatic N) is 1. The van der Waals surface area contributed by atoms with Crippen molar-refractivity contribution in [3.63, 3.8) is 0 Å². The van der Waals surface area contributed by atoms with Crippen LogP contribution in [0.15, 0.2) is 24.3 Å². The van der Waals surface area contributed by atoms with Crippen LogP contribution in [0.1, 0.15) is 31.2 Å². The van der Waals surface area contributed by atoms with E-state index in [-0.39, 0.29) is 18.4 Å². The Morgan fingerprint density at radius 2 is 2.04 bits per heavy atom. The van der Waals surface area contributed by atoms with Gasteiger partial charge in [0.1, 0.15) is 11.9 Å². The Morgan fingerprint density at radius 3 is 2.64 bits per heavy atom. The standard InChI is InChI=1S/C17H21FN2O4S/c1-2-3-15(21)20-10-25-9-14(20)16(22)19-8-13(17(23)24)11-4-6-12(18)7-5-11/h4-7,13-14H,2-3,8-10H2,1H3,(H,19,22)(H,23,24). The molecule has 2 N–H and O–H groups in total. The molecular formula is C17H21FN2O4S. The number of halogens is 1. The van der Waals surface area contributed by atoms with E-state index in [9.17, 15) is 23.9 Å². The molecule has 0 bridgehead atoms. The van der Waals surface area contributed by atoms with Crippen molar-refractivity contribution in [3.05, 3.63) is 35.6 Å². The second-order valence-corrected chi connectivity index (χ2v) is 6.82. The SMILES string of the molecule is CCCC(=O)N1CSCC1C(=O)NCC(C(=O)O)c1ccc(F)cc1. The lowest BCUT2D eigenvalue weighted by atomic mass is 9.99. The summed E-state index contributed by atoms with van der Waals surface area (Å²) in [7, 11) is 0. The summed E-state index contributed by atoms with van der Waals surface area (Å²) in [4.78, 5) is 37.5. The lowest BCUT2D eigenvalue weighted by Gasteiger charge is -2.23. The van der Waals surface area contributed by atoms with E-state index in [4.69, 9.17) is 0 Å². The number of hydrogen-bond acceptors (Lipinski definition) is 4. The Hall–Kier alpha value is -2.09. The van der Waals surface area contributed by atoms with Crippen LogP contribution in [0.3, 0.4) is 0 Å². The van der Waals surface area contributed by atoms with Gasteiger partial charge in [-0.05, 0) is 24.1 Å². The third-order valence-corrected chi connectivity index (χ3v) is 5.03. The molecule has 1 fully saturated rings. The van der Waals surface area contributed by atoms with Gasteiger partial charge in [-0.25, -0.2) is 4.39 Å². The molecule has 0 radical (unpaired) electrons. The second-order valence-electron chi connectivity index (χ2n) is 5.82. The summed E-state index contributed by atoms with van der Waals surface area (Å²) < 4.78 is 13.0. The van der Waals surface area contributed by atoms with Crippen molar-refractivity contribution in [3.8, 4) is 0 Å². The first-order valence-corrected chi connectivity index (χ1v) is 9.22. The highest BCUT2D eigenvalue weighted by molar-refractivity contribution is 7.99. The molecule has 2 amide bonds. The van der Waals surface area contributed by atoms with E-state index in [2.05, 4.69) is 5.32 Å². The minimum absolute atomic E-state index is 0.0685. The molecule has 25 heavy (non-hydrogen) atoms. The van der Waals surface area contributed by atoms with Gasteiger partial charge in [0.05, 0.1) is 11.8 Å². The average Bonchev–Trinajstić information content (AvgIpc) is 3.06. The first kappa shape index (κ1) is 19.2. The number of carboxylic acids is 1. The number of benzene rings is 1. The molecule has 0 aromatic heterocycles. The number of amides is 2. The van der Waals surface area contributed by atoms with Crippen LogP contribution in [-0.2, 0) is 14.4 Å². The van der Waals surface area contributed by atoms with Gasteiger partial charge in [0.2, 0.25) is 11.8 Å². The van der Waals surface area contributed by atoms with Gasteiger partial charge in [-0.3, -0.25) is 14.4 Å². The van der Waals surface area contributed by atoms with E-state index in [1.54, 1.807) is 0 Å². The van der Waals surface area contributed by atoms with Gasteiger partial charge in [-0.15, -0.1) is 11.8 Å². The van der Waals surface area contributed by atoms with Crippen molar-refractivity contribution in [2.45, 2.75) is 31.7 Å². The summed E-state index contributed by atoms with van der Waals surface area (Å²) in [6.45, 7) is 1.78. The van der Waals surface area contributed by atoms with Crippen LogP contribution >= 0.6 is 11.8 Å². The van der Waals surface area contributed by atoms with Crippen molar-refractivity contribution in [1.29, 1.82) is 0 Å². The van der Waals surface area contributed by atoms with Gasteiger partial charge in [-0.1, -0.05) is 19.1 Å². The molecule has 1 aliphatic heterocycles. The maximum Gasteiger partial charge on any atom is 0.312 e. The lowest BCUT2D eigenvalue weighted by Crippen LogP contribution is -2.48. The molecule has 2 atom stereocenters. The van der Waals surface area contributed by atoms with Crippen LogP contribution in [0.25, 0.3) is 0 Å². The monoisotopic (exact) mass is 368 g/mol. The summed E-state index contributed by atoms with van der Waals surface area (Å²) >= 11 is 1.50. The first-order chi connectivity index (χ1) is 11.9. The van der Waals surface area contributed by atoms with Gasteiger partial charge in [-0.2, -0.15) is 0 Å². The zero-order valence-corrected chi connectivity index (χ0v) is 14.7. The highest BCUT2D eigenvalue weighted by Crippen LogP contribution is 2.23. The molecule has 2 rings (SSSR count). The number of aliphatic carboxylic acids is 1. The molecule has 1 heterocycles. The molecule has 1 aromatic carbocycles. The topological polar surface area (TPSA) is 86.7 Å². The number of rotatable bonds is 7. The first-order valence-electron chi connectivity index (χ1n) is 8.07. The Labute approximate surface area is 149 Å². The fraction of sp³-hybridized carbons (Fsp3) is 0.471. The summed E-state index contributed by atoms with van der Waals surface area (Å²) in [6.07, 6.45) is 1.09. The van der Waals surface area contributed by atoms with Crippen LogP contribution in [0.5, 0.6) is 0 Å². The summed E-state index contributed by atoms with van der Waals surface area (Å²) in [5.41, 5.74) is 0.411. The molecule has 1 aromatic rings. The van der Waals surface area contributed by atoms with E-state index in [1.807, 2.05) is 6.92 Å². The largest absolute Gasteiger partial charge is 0.481 e. The van der Waals surface area contributed by atoms with Gasteiger partial charge in [0.25, 0.3) is 0 Å². The van der Waals surface area contributed by atoms with E-state index in [0.29, 0.717) is 30.0 Å². The van der Waals surface area contributed by atoms with E-state index in [0.717, 1.165) is 0 Å². The number of hydrogen-bond donors (Lipinski definition) is 2. The Balaban J connectivity index is 2.00. The summed E-state index contributed by atoms with van der Waals surface area (Å²) in [5.74, 6) is -1.99. The minimum Gasteiger partial charge on any atom is -0.481 e. The normalized spacial score (nSPS) is 18.0. The zero-order chi connectivity index (χ0) is 18.4. The minimum atomic E-state index is -1.10. The van der Waals surface area contributed by atoms with E-state index >= 15 is 0 Å². The maximum absolute atomic E-state index is 13.0. The average molecular weight is 368 g/mol. The zero-order valence-electron chi connectivity index (χ0n) is 13.9. The van der Waals surface area contributed by atoms with Gasteiger partial charge < -0.3 is 15.3 Å². The number of thioether (sulfide) groups is 1. The van der Waals surface area contributed by atoms with Crippen molar-refractivity contribution in [2.75, 3.05) is 18.2 Å². The molecular weight excluding hydrogens is 347 g/mol. The number of carboxylic acid groups (broad SMARTS) is 1. The molecule has 1 aliphatic rings. The molecule has 136 valence electrons. The van der Waals surface area contributed by atoms with Crippen molar-refractivity contribution < 1.29 is 23.9 Å².